The van der Waals surface area contributed by atoms with Crippen molar-refractivity contribution in [2.45, 2.75) is 254 Å². The summed E-state index contributed by atoms with van der Waals surface area (Å²) in [6.07, 6.45) is 42.1. The lowest BCUT2D eigenvalue weighted by Crippen LogP contribution is -2.53. The molecule has 0 saturated heterocycles. The molecular formula is C42H78O6S3Si2. The molecule has 6 fully saturated rings. The molecule has 0 atom stereocenters. The largest absolute Gasteiger partial charge is 0.501 e. The third kappa shape index (κ3) is 16.1. The predicted molar refractivity (Wildman–Crippen MR) is 231 cm³/mol. The molecule has 6 saturated carbocycles. The molecule has 0 unspecified atom stereocenters. The van der Waals surface area contributed by atoms with Crippen molar-refractivity contribution in [1.82, 2.24) is 0 Å². The minimum absolute atomic E-state index is 0.335. The van der Waals surface area contributed by atoms with E-state index in [-0.39, 0.29) is 0 Å². The Morgan fingerprint density at radius 1 is 0.302 bits per heavy atom. The van der Waals surface area contributed by atoms with E-state index in [1.54, 1.807) is 0 Å². The van der Waals surface area contributed by atoms with Gasteiger partial charge in [0.15, 0.2) is 0 Å². The van der Waals surface area contributed by atoms with E-state index < -0.39 is 17.6 Å². The van der Waals surface area contributed by atoms with Gasteiger partial charge in [-0.25, -0.2) is 0 Å². The number of rotatable bonds is 22. The molecule has 0 radical (unpaired) electrons. The zero-order valence-electron chi connectivity index (χ0n) is 33.6. The first-order valence-electron chi connectivity index (χ1n) is 23.2. The van der Waals surface area contributed by atoms with Gasteiger partial charge in [0.2, 0.25) is 0 Å². The molecule has 0 amide bonds. The summed E-state index contributed by atoms with van der Waals surface area (Å²) in [5.74, 6) is 2.25. The van der Waals surface area contributed by atoms with Crippen LogP contribution >= 0.6 is 31.4 Å². The summed E-state index contributed by atoms with van der Waals surface area (Å²) in [4.78, 5) is 0. The van der Waals surface area contributed by atoms with Gasteiger partial charge in [0.25, 0.3) is 0 Å². The Morgan fingerprint density at radius 2 is 0.509 bits per heavy atom. The fraction of sp³-hybridized carbons (Fsp3) is 1.00. The van der Waals surface area contributed by atoms with Gasteiger partial charge in [0.1, 0.15) is 0 Å². The van der Waals surface area contributed by atoms with Gasteiger partial charge in [-0.1, -0.05) is 137 Å². The monoisotopic (exact) mass is 830 g/mol. The first-order chi connectivity index (χ1) is 26.2. The van der Waals surface area contributed by atoms with Crippen LogP contribution in [0.25, 0.3) is 0 Å². The van der Waals surface area contributed by atoms with Crippen LogP contribution in [0.2, 0.25) is 12.1 Å². The van der Waals surface area contributed by atoms with Crippen molar-refractivity contribution in [2.24, 2.45) is 0 Å². The molecule has 308 valence electrons. The minimum Gasteiger partial charge on any atom is -0.370 e. The van der Waals surface area contributed by atoms with Gasteiger partial charge in [-0.2, -0.15) is 0 Å². The first-order valence-corrected chi connectivity index (χ1v) is 30.8. The van der Waals surface area contributed by atoms with Crippen LogP contribution in [0.1, 0.15) is 205 Å². The zero-order valence-corrected chi connectivity index (χ0v) is 38.0. The lowest BCUT2D eigenvalue weighted by atomic mass is 9.98. The summed E-state index contributed by atoms with van der Waals surface area (Å²) in [7, 11) is 0.479. The maximum absolute atomic E-state index is 7.18. The van der Waals surface area contributed by atoms with Crippen LogP contribution in [0.15, 0.2) is 0 Å². The predicted octanol–water partition coefficient (Wildman–Crippen LogP) is 13.8. The highest BCUT2D eigenvalue weighted by atomic mass is 33.5. The van der Waals surface area contributed by atoms with E-state index in [1.165, 1.54) is 193 Å². The van der Waals surface area contributed by atoms with Crippen LogP contribution in [0, 0.1) is 0 Å². The molecule has 0 N–H and O–H groups in total. The van der Waals surface area contributed by atoms with Gasteiger partial charge in [-0.05, 0) is 99.7 Å². The van der Waals surface area contributed by atoms with Gasteiger partial charge in [0.05, 0.1) is 0 Å². The van der Waals surface area contributed by atoms with E-state index in [1.807, 2.05) is 31.4 Å². The second-order valence-corrected chi connectivity index (χ2v) is 27.2. The lowest BCUT2D eigenvalue weighted by molar-refractivity contribution is -0.0416. The first kappa shape index (κ1) is 43.8. The number of hydrogen-bond donors (Lipinski definition) is 0. The Balaban J connectivity index is 0.994. The van der Waals surface area contributed by atoms with Crippen molar-refractivity contribution in [3.8, 4) is 0 Å². The summed E-state index contributed by atoms with van der Waals surface area (Å²) >= 11 is 0. The summed E-state index contributed by atoms with van der Waals surface area (Å²) in [6, 6.07) is 1.97. The summed E-state index contributed by atoms with van der Waals surface area (Å²) in [5, 5.41) is 0. The Labute approximate surface area is 339 Å². The second kappa shape index (κ2) is 25.0. The molecule has 0 aromatic carbocycles. The molecule has 6 aliphatic rings. The molecule has 6 rings (SSSR count). The van der Waals surface area contributed by atoms with E-state index in [2.05, 4.69) is 0 Å². The Bertz CT molecular complexity index is 775. The van der Waals surface area contributed by atoms with Crippen LogP contribution in [-0.2, 0) is 26.6 Å². The van der Waals surface area contributed by atoms with Gasteiger partial charge < -0.3 is 26.6 Å². The minimum atomic E-state index is -2.78. The standard InChI is InChI=1S/C42H78O6S3Si2/c1-7-21-37(22-8-1)43-52(44-38-23-9-2-10-24-38,45-39-25-11-3-12-26-39)35-19-33-49-51-50-34-20-36-53(46-40-27-13-4-14-28-40,47-41-29-15-5-16-30-41)48-42-31-17-6-18-32-42/h37-42H,1-36H2. The Morgan fingerprint density at radius 3 is 0.717 bits per heavy atom. The molecule has 0 aromatic rings. The zero-order chi connectivity index (χ0) is 36.3. The fourth-order valence-electron chi connectivity index (χ4n) is 9.94. The van der Waals surface area contributed by atoms with Crippen molar-refractivity contribution in [2.75, 3.05) is 11.5 Å². The molecule has 0 bridgehead atoms. The summed E-state index contributed by atoms with van der Waals surface area (Å²) < 4.78 is 43.1. The van der Waals surface area contributed by atoms with Gasteiger partial charge >= 0.3 is 17.6 Å². The normalized spacial score (nSPS) is 24.9. The van der Waals surface area contributed by atoms with Crippen LogP contribution in [0.3, 0.4) is 0 Å². The highest BCUT2D eigenvalue weighted by Crippen LogP contribution is 2.40. The van der Waals surface area contributed by atoms with Crippen molar-refractivity contribution in [3.63, 3.8) is 0 Å². The smallest absolute Gasteiger partial charge is 0.370 e. The van der Waals surface area contributed by atoms with Crippen LogP contribution in [0.4, 0.5) is 0 Å². The highest BCUT2D eigenvalue weighted by molar-refractivity contribution is 9.09. The molecule has 0 aromatic heterocycles. The molecule has 0 aliphatic heterocycles. The van der Waals surface area contributed by atoms with E-state index >= 15 is 0 Å². The topological polar surface area (TPSA) is 55.4 Å². The summed E-state index contributed by atoms with van der Waals surface area (Å²) in [6.45, 7) is 0. The molecule has 6 nitrogen and oxygen atoms in total. The van der Waals surface area contributed by atoms with E-state index in [0.717, 1.165) is 36.4 Å². The van der Waals surface area contributed by atoms with E-state index in [4.69, 9.17) is 26.6 Å². The van der Waals surface area contributed by atoms with Gasteiger partial charge in [0, 0.05) is 60.2 Å². The molecular weight excluding hydrogens is 753 g/mol. The van der Waals surface area contributed by atoms with Gasteiger partial charge in [-0.15, -0.1) is 0 Å². The average Bonchev–Trinajstić information content (AvgIpc) is 3.19. The molecule has 0 spiro atoms. The van der Waals surface area contributed by atoms with Crippen molar-refractivity contribution >= 4 is 49.0 Å². The van der Waals surface area contributed by atoms with E-state index in [0.29, 0.717) is 36.6 Å². The van der Waals surface area contributed by atoms with E-state index in [9.17, 15) is 0 Å². The molecule has 53 heavy (non-hydrogen) atoms. The molecule has 0 heterocycles. The average molecular weight is 831 g/mol. The Kier molecular flexibility index (Phi) is 20.7. The quantitative estimate of drug-likeness (QED) is 0.0603. The third-order valence-corrected chi connectivity index (χ3v) is 23.4. The highest BCUT2D eigenvalue weighted by Gasteiger charge is 2.49. The maximum atomic E-state index is 7.18. The van der Waals surface area contributed by atoms with Crippen LogP contribution in [0.5, 0.6) is 0 Å². The van der Waals surface area contributed by atoms with Gasteiger partial charge in [-0.3, -0.25) is 0 Å². The SMILES string of the molecule is C1CCC(O[Si](CCCSSSCCC[Si](OC2CCCCC2)(OC2CCCCC2)OC2CCCCC2)(OC2CCCCC2)OC2CCCCC2)CC1. The Hall–Kier alpha value is 1.24. The summed E-state index contributed by atoms with van der Waals surface area (Å²) in [5.41, 5.74) is 0. The third-order valence-electron chi connectivity index (χ3n) is 12.9. The van der Waals surface area contributed by atoms with Crippen LogP contribution in [-0.4, -0.2) is 65.7 Å². The van der Waals surface area contributed by atoms with Crippen LogP contribution < -0.4 is 0 Å². The van der Waals surface area contributed by atoms with Crippen molar-refractivity contribution in [1.29, 1.82) is 0 Å². The van der Waals surface area contributed by atoms with Crippen molar-refractivity contribution < 1.29 is 26.6 Å². The molecule has 6 aliphatic carbocycles. The van der Waals surface area contributed by atoms with Crippen molar-refractivity contribution in [3.05, 3.63) is 0 Å². The fourth-order valence-corrected chi connectivity index (χ4v) is 21.1. The number of hydrogen-bond acceptors (Lipinski definition) is 9. The molecule has 11 heteroatoms. The second-order valence-electron chi connectivity index (χ2n) is 17.6. The maximum Gasteiger partial charge on any atom is 0.501 e. The lowest BCUT2D eigenvalue weighted by Gasteiger charge is -2.41.